The maximum atomic E-state index is 12.9. The molecule has 1 aliphatic heterocycles. The molecule has 1 aliphatic rings. The molecular formula is C15H21ClN4O2. The smallest absolute Gasteiger partial charge is 0.258 e. The van der Waals surface area contributed by atoms with Crippen molar-refractivity contribution in [3.8, 4) is 0 Å². The van der Waals surface area contributed by atoms with E-state index in [1.54, 1.807) is 0 Å². The number of aromatic nitrogens is 2. The number of nitrogens with zero attached hydrogens (tertiary/aromatic N) is 3. The van der Waals surface area contributed by atoms with Crippen molar-refractivity contribution < 1.29 is 9.32 Å². The van der Waals surface area contributed by atoms with Gasteiger partial charge in [0, 0.05) is 18.8 Å². The summed E-state index contributed by atoms with van der Waals surface area (Å²) in [4.78, 5) is 19.0. The molecule has 1 saturated heterocycles. The fourth-order valence-corrected chi connectivity index (χ4v) is 2.92. The maximum absolute atomic E-state index is 12.9. The second kappa shape index (κ2) is 5.85. The Kier molecular flexibility index (Phi) is 4.44. The molecule has 1 amide bonds. The number of carbonyl (C=O) groups is 1. The molecule has 0 aromatic carbocycles. The average Bonchev–Trinajstić information content (AvgIpc) is 3.02. The van der Waals surface area contributed by atoms with Crippen LogP contribution in [0.5, 0.6) is 0 Å². The third-order valence-electron chi connectivity index (χ3n) is 4.31. The molecule has 22 heavy (non-hydrogen) atoms. The Labute approximate surface area is 135 Å². The highest BCUT2D eigenvalue weighted by Gasteiger charge is 2.36. The Morgan fingerprint density at radius 3 is 2.86 bits per heavy atom. The fraction of sp³-hybridized carbons (Fsp3) is 0.533. The minimum Gasteiger partial charge on any atom is -0.338 e. The Bertz CT molecular complexity index is 715. The Balaban J connectivity index is 0.00000176. The van der Waals surface area contributed by atoms with E-state index in [-0.39, 0.29) is 23.7 Å². The van der Waals surface area contributed by atoms with Crippen molar-refractivity contribution >= 4 is 29.4 Å². The van der Waals surface area contributed by atoms with Gasteiger partial charge in [0.2, 0.25) is 0 Å². The lowest BCUT2D eigenvalue weighted by molar-refractivity contribution is 0.0778. The van der Waals surface area contributed by atoms with Crippen LogP contribution >= 0.6 is 12.4 Å². The zero-order valence-corrected chi connectivity index (χ0v) is 13.9. The predicted molar refractivity (Wildman–Crippen MR) is 86.2 cm³/mol. The number of amides is 1. The van der Waals surface area contributed by atoms with E-state index in [9.17, 15) is 4.79 Å². The van der Waals surface area contributed by atoms with E-state index in [4.69, 9.17) is 10.3 Å². The summed E-state index contributed by atoms with van der Waals surface area (Å²) in [5, 5.41) is 4.64. The van der Waals surface area contributed by atoms with Gasteiger partial charge in [-0.3, -0.25) is 4.79 Å². The molecule has 0 bridgehead atoms. The Morgan fingerprint density at radius 1 is 1.50 bits per heavy atom. The summed E-state index contributed by atoms with van der Waals surface area (Å²) < 4.78 is 5.19. The zero-order chi connectivity index (χ0) is 15.2. The van der Waals surface area contributed by atoms with E-state index in [0.717, 1.165) is 18.7 Å². The molecule has 0 aliphatic carbocycles. The van der Waals surface area contributed by atoms with Crippen LogP contribution in [0.2, 0.25) is 0 Å². The molecule has 3 rings (SSSR count). The first-order valence-electron chi connectivity index (χ1n) is 7.16. The van der Waals surface area contributed by atoms with E-state index >= 15 is 0 Å². The number of pyridine rings is 1. The first-order chi connectivity index (χ1) is 9.93. The fourth-order valence-electron chi connectivity index (χ4n) is 2.92. The SMILES string of the molecule is Cc1cc(C(=O)N2CCC(C)(CN)C2)c2c(C)noc2n1.Cl. The zero-order valence-electron chi connectivity index (χ0n) is 13.0. The number of nitrogens with two attached hydrogens (primary N) is 1. The molecule has 2 N–H and O–H groups in total. The third-order valence-corrected chi connectivity index (χ3v) is 4.31. The second-order valence-electron chi connectivity index (χ2n) is 6.25. The van der Waals surface area contributed by atoms with Crippen molar-refractivity contribution in [1.82, 2.24) is 15.0 Å². The number of hydrogen-bond donors (Lipinski definition) is 1. The van der Waals surface area contributed by atoms with E-state index in [1.165, 1.54) is 0 Å². The molecule has 1 fully saturated rings. The van der Waals surface area contributed by atoms with E-state index < -0.39 is 0 Å². The normalized spacial score (nSPS) is 21.2. The predicted octanol–water partition coefficient (Wildman–Crippen LogP) is 2.07. The van der Waals surface area contributed by atoms with Gasteiger partial charge in [-0.05, 0) is 38.3 Å². The number of halogens is 1. The van der Waals surface area contributed by atoms with Crippen LogP contribution in [0.25, 0.3) is 11.1 Å². The highest BCUT2D eigenvalue weighted by molar-refractivity contribution is 6.06. The number of hydrogen-bond acceptors (Lipinski definition) is 5. The molecule has 1 unspecified atom stereocenters. The molecule has 1 atom stereocenters. The number of carbonyl (C=O) groups excluding carboxylic acids is 1. The van der Waals surface area contributed by atoms with Gasteiger partial charge in [-0.2, -0.15) is 0 Å². The van der Waals surface area contributed by atoms with E-state index in [0.29, 0.717) is 35.4 Å². The van der Waals surface area contributed by atoms with Gasteiger partial charge in [-0.1, -0.05) is 12.1 Å². The molecule has 0 radical (unpaired) electrons. The topological polar surface area (TPSA) is 85.2 Å². The minimum atomic E-state index is 0. The lowest BCUT2D eigenvalue weighted by atomic mass is 9.90. The number of rotatable bonds is 2. The summed E-state index contributed by atoms with van der Waals surface area (Å²) in [7, 11) is 0. The standard InChI is InChI=1S/C15H20N4O2.ClH/c1-9-6-11(12-10(2)18-21-13(12)17-9)14(20)19-5-4-15(3,7-16)8-19;/h6H,4-5,7-8,16H2,1-3H3;1H. The van der Waals surface area contributed by atoms with Crippen LogP contribution in [0.1, 0.15) is 35.1 Å². The molecule has 2 aromatic heterocycles. The molecule has 0 spiro atoms. The monoisotopic (exact) mass is 324 g/mol. The van der Waals surface area contributed by atoms with Crippen molar-refractivity contribution in [3.05, 3.63) is 23.0 Å². The van der Waals surface area contributed by atoms with E-state index in [1.807, 2.05) is 24.8 Å². The summed E-state index contributed by atoms with van der Waals surface area (Å²) in [6.07, 6.45) is 0.936. The maximum Gasteiger partial charge on any atom is 0.258 e. The van der Waals surface area contributed by atoms with Gasteiger partial charge in [0.25, 0.3) is 11.6 Å². The van der Waals surface area contributed by atoms with Gasteiger partial charge in [0.1, 0.15) is 0 Å². The van der Waals surface area contributed by atoms with Gasteiger partial charge < -0.3 is 15.2 Å². The Hall–Kier alpha value is -1.66. The first-order valence-corrected chi connectivity index (χ1v) is 7.16. The van der Waals surface area contributed by atoms with Gasteiger partial charge in [-0.15, -0.1) is 12.4 Å². The van der Waals surface area contributed by atoms with Crippen LogP contribution in [-0.4, -0.2) is 40.6 Å². The van der Waals surface area contributed by atoms with Gasteiger partial charge in [0.05, 0.1) is 16.6 Å². The summed E-state index contributed by atoms with van der Waals surface area (Å²) in [6, 6.07) is 1.81. The van der Waals surface area contributed by atoms with Crippen LogP contribution in [-0.2, 0) is 0 Å². The number of aryl methyl sites for hydroxylation is 2. The average molecular weight is 325 g/mol. The van der Waals surface area contributed by atoms with Gasteiger partial charge in [0.15, 0.2) is 0 Å². The largest absolute Gasteiger partial charge is 0.338 e. The molecule has 7 heteroatoms. The highest BCUT2D eigenvalue weighted by Crippen LogP contribution is 2.31. The summed E-state index contributed by atoms with van der Waals surface area (Å²) in [5.74, 6) is 0.00831. The highest BCUT2D eigenvalue weighted by atomic mass is 35.5. The molecule has 2 aromatic rings. The van der Waals surface area contributed by atoms with Crippen molar-refractivity contribution in [2.75, 3.05) is 19.6 Å². The third kappa shape index (κ3) is 2.68. The van der Waals surface area contributed by atoms with Crippen LogP contribution in [0.15, 0.2) is 10.6 Å². The van der Waals surface area contributed by atoms with Crippen molar-refractivity contribution in [1.29, 1.82) is 0 Å². The molecule has 0 saturated carbocycles. The summed E-state index contributed by atoms with van der Waals surface area (Å²) in [5.41, 5.74) is 8.33. The molecule has 120 valence electrons. The lowest BCUT2D eigenvalue weighted by Gasteiger charge is -2.22. The van der Waals surface area contributed by atoms with Crippen LogP contribution in [0.3, 0.4) is 0 Å². The second-order valence-corrected chi connectivity index (χ2v) is 6.25. The summed E-state index contributed by atoms with van der Waals surface area (Å²) in [6.45, 7) is 7.82. The Morgan fingerprint density at radius 2 is 2.23 bits per heavy atom. The first kappa shape index (κ1) is 16.7. The van der Waals surface area contributed by atoms with Crippen LogP contribution < -0.4 is 5.73 Å². The molecular weight excluding hydrogens is 304 g/mol. The number of fused-ring (bicyclic) bond motifs is 1. The lowest BCUT2D eigenvalue weighted by Crippen LogP contribution is -2.34. The van der Waals surface area contributed by atoms with Gasteiger partial charge >= 0.3 is 0 Å². The van der Waals surface area contributed by atoms with Crippen molar-refractivity contribution in [2.24, 2.45) is 11.1 Å². The number of likely N-dealkylation sites (tertiary alicyclic amines) is 1. The molecule has 3 heterocycles. The van der Waals surface area contributed by atoms with Crippen molar-refractivity contribution in [2.45, 2.75) is 27.2 Å². The summed E-state index contributed by atoms with van der Waals surface area (Å²) >= 11 is 0. The quantitative estimate of drug-likeness (QED) is 0.914. The van der Waals surface area contributed by atoms with Crippen LogP contribution in [0.4, 0.5) is 0 Å². The van der Waals surface area contributed by atoms with Gasteiger partial charge in [-0.25, -0.2) is 4.98 Å². The minimum absolute atomic E-state index is 0. The van der Waals surface area contributed by atoms with Crippen LogP contribution in [0, 0.1) is 19.3 Å². The van der Waals surface area contributed by atoms with E-state index in [2.05, 4.69) is 17.1 Å². The van der Waals surface area contributed by atoms with Crippen molar-refractivity contribution in [3.63, 3.8) is 0 Å². The molecule has 6 nitrogen and oxygen atoms in total.